The second-order valence-electron chi connectivity index (χ2n) is 4.21. The van der Waals surface area contributed by atoms with Crippen molar-refractivity contribution in [1.82, 2.24) is 5.32 Å². The molecule has 5 heteroatoms. The summed E-state index contributed by atoms with van der Waals surface area (Å²) in [6.07, 6.45) is -0.184. The lowest BCUT2D eigenvalue weighted by Gasteiger charge is -2.09. The molecule has 0 fully saturated rings. The lowest BCUT2D eigenvalue weighted by atomic mass is 10.1. The Bertz CT molecular complexity index is 413. The number of methoxy groups -OCH3 is 1. The highest BCUT2D eigenvalue weighted by molar-refractivity contribution is 5.84. The molecule has 2 N–H and O–H groups in total. The van der Waals surface area contributed by atoms with Crippen LogP contribution in [0.4, 0.5) is 10.5 Å². The van der Waals surface area contributed by atoms with Crippen LogP contribution in [0.3, 0.4) is 0 Å². The van der Waals surface area contributed by atoms with Crippen LogP contribution in [0.25, 0.3) is 0 Å². The summed E-state index contributed by atoms with van der Waals surface area (Å²) in [5, 5.41) is 5.36. The maximum atomic E-state index is 11.5. The van der Waals surface area contributed by atoms with Gasteiger partial charge in [-0.1, -0.05) is 12.1 Å². The van der Waals surface area contributed by atoms with Crippen LogP contribution < -0.4 is 10.6 Å². The number of anilines is 1. The predicted molar refractivity (Wildman–Crippen MR) is 69.5 cm³/mol. The van der Waals surface area contributed by atoms with Crippen LogP contribution in [-0.2, 0) is 16.0 Å². The molecule has 1 rings (SSSR count). The van der Waals surface area contributed by atoms with Gasteiger partial charge in [0, 0.05) is 11.7 Å². The molecule has 0 saturated carbocycles. The number of carbonyl (C=O) groups is 2. The maximum Gasteiger partial charge on any atom is 0.411 e. The zero-order chi connectivity index (χ0) is 13.5. The average Bonchev–Trinajstić information content (AvgIpc) is 2.30. The average molecular weight is 250 g/mol. The van der Waals surface area contributed by atoms with Crippen molar-refractivity contribution in [2.24, 2.45) is 0 Å². The molecule has 0 spiro atoms. The Balaban J connectivity index is 2.55. The summed E-state index contributed by atoms with van der Waals surface area (Å²) in [4.78, 5) is 22.5. The normalized spacial score (nSPS) is 10.0. The molecule has 1 aromatic rings. The number of carbonyl (C=O) groups excluding carboxylic acids is 2. The van der Waals surface area contributed by atoms with Gasteiger partial charge in [-0.3, -0.25) is 10.1 Å². The van der Waals surface area contributed by atoms with Gasteiger partial charge in [-0.15, -0.1) is 0 Å². The van der Waals surface area contributed by atoms with Gasteiger partial charge in [0.25, 0.3) is 0 Å². The van der Waals surface area contributed by atoms with Crippen LogP contribution in [0.15, 0.2) is 24.3 Å². The van der Waals surface area contributed by atoms with E-state index in [0.29, 0.717) is 12.1 Å². The van der Waals surface area contributed by atoms with E-state index < -0.39 is 6.09 Å². The van der Waals surface area contributed by atoms with E-state index in [1.54, 1.807) is 24.3 Å². The third kappa shape index (κ3) is 4.86. The van der Waals surface area contributed by atoms with Gasteiger partial charge in [0.2, 0.25) is 5.91 Å². The molecule has 98 valence electrons. The Labute approximate surface area is 107 Å². The summed E-state index contributed by atoms with van der Waals surface area (Å²) >= 11 is 0. The first-order chi connectivity index (χ1) is 8.51. The highest BCUT2D eigenvalue weighted by atomic mass is 16.5. The molecule has 0 bridgehead atoms. The molecule has 18 heavy (non-hydrogen) atoms. The van der Waals surface area contributed by atoms with E-state index in [0.717, 1.165) is 5.56 Å². The van der Waals surface area contributed by atoms with E-state index in [-0.39, 0.29) is 11.9 Å². The molecular weight excluding hydrogens is 232 g/mol. The Hall–Kier alpha value is -2.04. The number of rotatable bonds is 4. The fourth-order valence-electron chi connectivity index (χ4n) is 1.43. The van der Waals surface area contributed by atoms with E-state index in [4.69, 9.17) is 0 Å². The molecule has 0 aliphatic rings. The molecule has 0 unspecified atom stereocenters. The van der Waals surface area contributed by atoms with Gasteiger partial charge in [0.15, 0.2) is 0 Å². The van der Waals surface area contributed by atoms with Crippen molar-refractivity contribution in [3.05, 3.63) is 29.8 Å². The molecule has 5 nitrogen and oxygen atoms in total. The standard InChI is InChI=1S/C13H18N2O3/c1-9(2)14-12(16)8-10-4-6-11(7-5-10)15-13(17)18-3/h4-7,9H,8H2,1-3H3,(H,14,16)(H,15,17). The Morgan fingerprint density at radius 1 is 1.22 bits per heavy atom. The first kappa shape index (κ1) is 14.0. The van der Waals surface area contributed by atoms with Gasteiger partial charge in [0.05, 0.1) is 13.5 Å². The molecule has 2 amide bonds. The second-order valence-corrected chi connectivity index (χ2v) is 4.21. The van der Waals surface area contributed by atoms with Gasteiger partial charge in [0.1, 0.15) is 0 Å². The van der Waals surface area contributed by atoms with E-state index in [2.05, 4.69) is 15.4 Å². The third-order valence-corrected chi connectivity index (χ3v) is 2.20. The summed E-state index contributed by atoms with van der Waals surface area (Å²) in [7, 11) is 1.31. The Morgan fingerprint density at radius 3 is 2.33 bits per heavy atom. The number of benzene rings is 1. The molecule has 0 aliphatic heterocycles. The number of hydrogen-bond acceptors (Lipinski definition) is 3. The van der Waals surface area contributed by atoms with Crippen LogP contribution in [0, 0.1) is 0 Å². The second kappa shape index (κ2) is 6.64. The number of nitrogens with one attached hydrogen (secondary N) is 2. The van der Waals surface area contributed by atoms with E-state index >= 15 is 0 Å². The fraction of sp³-hybridized carbons (Fsp3) is 0.385. The van der Waals surface area contributed by atoms with E-state index in [1.807, 2.05) is 13.8 Å². The Morgan fingerprint density at radius 2 is 1.83 bits per heavy atom. The first-order valence-electron chi connectivity index (χ1n) is 5.74. The number of hydrogen-bond donors (Lipinski definition) is 2. The largest absolute Gasteiger partial charge is 0.453 e. The Kier molecular flexibility index (Phi) is 5.17. The fourth-order valence-corrected chi connectivity index (χ4v) is 1.43. The van der Waals surface area contributed by atoms with Crippen molar-refractivity contribution in [3.63, 3.8) is 0 Å². The van der Waals surface area contributed by atoms with Gasteiger partial charge in [-0.05, 0) is 31.5 Å². The summed E-state index contributed by atoms with van der Waals surface area (Å²) in [6.45, 7) is 3.84. The third-order valence-electron chi connectivity index (χ3n) is 2.20. The number of ether oxygens (including phenoxy) is 1. The van der Waals surface area contributed by atoms with Crippen molar-refractivity contribution in [2.45, 2.75) is 26.3 Å². The van der Waals surface area contributed by atoms with Gasteiger partial charge >= 0.3 is 6.09 Å². The van der Waals surface area contributed by atoms with Crippen molar-refractivity contribution >= 4 is 17.7 Å². The summed E-state index contributed by atoms with van der Waals surface area (Å²) in [6, 6.07) is 7.19. The molecule has 0 aromatic heterocycles. The summed E-state index contributed by atoms with van der Waals surface area (Å²) in [5.41, 5.74) is 1.53. The first-order valence-corrected chi connectivity index (χ1v) is 5.74. The van der Waals surface area contributed by atoms with Crippen LogP contribution in [0.1, 0.15) is 19.4 Å². The van der Waals surface area contributed by atoms with Gasteiger partial charge in [-0.25, -0.2) is 4.79 Å². The quantitative estimate of drug-likeness (QED) is 0.858. The highest BCUT2D eigenvalue weighted by Gasteiger charge is 2.05. The molecule has 0 saturated heterocycles. The highest BCUT2D eigenvalue weighted by Crippen LogP contribution is 2.10. The van der Waals surface area contributed by atoms with Gasteiger partial charge < -0.3 is 10.1 Å². The molecule has 1 aromatic carbocycles. The van der Waals surface area contributed by atoms with Gasteiger partial charge in [-0.2, -0.15) is 0 Å². The lowest BCUT2D eigenvalue weighted by Crippen LogP contribution is -2.31. The van der Waals surface area contributed by atoms with Crippen LogP contribution in [0.5, 0.6) is 0 Å². The van der Waals surface area contributed by atoms with Crippen LogP contribution in [0.2, 0.25) is 0 Å². The molecule has 0 aliphatic carbocycles. The van der Waals surface area contributed by atoms with Crippen molar-refractivity contribution < 1.29 is 14.3 Å². The van der Waals surface area contributed by atoms with Crippen molar-refractivity contribution in [3.8, 4) is 0 Å². The smallest absolute Gasteiger partial charge is 0.411 e. The lowest BCUT2D eigenvalue weighted by molar-refractivity contribution is -0.120. The minimum atomic E-state index is -0.514. The molecular formula is C13H18N2O3. The van der Waals surface area contributed by atoms with Crippen molar-refractivity contribution in [1.29, 1.82) is 0 Å². The monoisotopic (exact) mass is 250 g/mol. The SMILES string of the molecule is COC(=O)Nc1ccc(CC(=O)NC(C)C)cc1. The molecule has 0 heterocycles. The maximum absolute atomic E-state index is 11.5. The topological polar surface area (TPSA) is 67.4 Å². The minimum Gasteiger partial charge on any atom is -0.453 e. The predicted octanol–water partition coefficient (Wildman–Crippen LogP) is 1.93. The zero-order valence-electron chi connectivity index (χ0n) is 10.8. The van der Waals surface area contributed by atoms with E-state index in [1.165, 1.54) is 7.11 Å². The van der Waals surface area contributed by atoms with E-state index in [9.17, 15) is 9.59 Å². The summed E-state index contributed by atoms with van der Waals surface area (Å²) < 4.78 is 4.48. The van der Waals surface area contributed by atoms with Crippen LogP contribution >= 0.6 is 0 Å². The molecule has 0 atom stereocenters. The minimum absolute atomic E-state index is 0.0151. The summed E-state index contributed by atoms with van der Waals surface area (Å²) in [5.74, 6) is -0.0151. The molecule has 0 radical (unpaired) electrons. The van der Waals surface area contributed by atoms with Crippen molar-refractivity contribution in [2.75, 3.05) is 12.4 Å². The number of amides is 2. The zero-order valence-corrected chi connectivity index (χ0v) is 10.8. The van der Waals surface area contributed by atoms with Crippen LogP contribution in [-0.4, -0.2) is 25.2 Å².